The maximum absolute atomic E-state index is 5.53. The number of nitrogens with one attached hydrogen (secondary N) is 1. The number of nitrogens with zero attached hydrogens (tertiary/aromatic N) is 4. The summed E-state index contributed by atoms with van der Waals surface area (Å²) >= 11 is 0. The van der Waals surface area contributed by atoms with E-state index in [-0.39, 0.29) is 6.04 Å². The van der Waals surface area contributed by atoms with E-state index in [1.54, 1.807) is 6.26 Å². The molecule has 6 nitrogen and oxygen atoms in total. The lowest BCUT2D eigenvalue weighted by atomic mass is 10.2. The first kappa shape index (κ1) is 13.5. The molecule has 1 N–H and O–H groups in total. The number of furan rings is 1. The minimum Gasteiger partial charge on any atom is -0.468 e. The molecule has 2 aromatic heterocycles. The molecule has 0 aliphatic heterocycles. The van der Waals surface area contributed by atoms with Crippen LogP contribution in [0.5, 0.6) is 0 Å². The van der Waals surface area contributed by atoms with Gasteiger partial charge in [-0.1, -0.05) is 13.8 Å². The topological polar surface area (TPSA) is 67.1 Å². The molecule has 0 aromatic carbocycles. The molecule has 0 spiro atoms. The van der Waals surface area contributed by atoms with Gasteiger partial charge in [0.1, 0.15) is 18.4 Å². The molecule has 102 valence electrons. The van der Waals surface area contributed by atoms with E-state index < -0.39 is 0 Å². The van der Waals surface area contributed by atoms with E-state index in [1.165, 1.54) is 12.7 Å². The average Bonchev–Trinajstić information content (AvgIpc) is 2.98. The van der Waals surface area contributed by atoms with Gasteiger partial charge in [0.15, 0.2) is 0 Å². The number of hydrogen-bond donors (Lipinski definition) is 1. The second-order valence-corrected chi connectivity index (χ2v) is 4.10. The van der Waals surface area contributed by atoms with Gasteiger partial charge in [-0.05, 0) is 25.2 Å². The first-order chi connectivity index (χ1) is 9.35. The van der Waals surface area contributed by atoms with E-state index in [0.29, 0.717) is 12.5 Å². The van der Waals surface area contributed by atoms with Crippen molar-refractivity contribution in [2.24, 2.45) is 0 Å². The summed E-state index contributed by atoms with van der Waals surface area (Å²) in [6.07, 6.45) is 4.66. The van der Waals surface area contributed by atoms with Crippen molar-refractivity contribution in [1.29, 1.82) is 0 Å². The lowest BCUT2D eigenvalue weighted by molar-refractivity contribution is 0.201. The number of anilines is 1. The Kier molecular flexibility index (Phi) is 4.85. The zero-order valence-corrected chi connectivity index (χ0v) is 11.3. The summed E-state index contributed by atoms with van der Waals surface area (Å²) in [6.45, 7) is 6.89. The fourth-order valence-corrected chi connectivity index (χ4v) is 2.07. The molecule has 0 amide bonds. The van der Waals surface area contributed by atoms with Crippen molar-refractivity contribution >= 4 is 5.95 Å². The highest BCUT2D eigenvalue weighted by molar-refractivity contribution is 5.22. The first-order valence-electron chi connectivity index (χ1n) is 6.48. The molecular weight excluding hydrogens is 242 g/mol. The lowest BCUT2D eigenvalue weighted by Crippen LogP contribution is -2.33. The summed E-state index contributed by atoms with van der Waals surface area (Å²) in [5.41, 5.74) is 0. The fraction of sp³-hybridized carbons (Fsp3) is 0.462. The number of likely N-dealkylation sites (N-methyl/N-ethyl adjacent to an activating group) is 1. The summed E-state index contributed by atoms with van der Waals surface area (Å²) in [5, 5.41) is 3.22. The summed E-state index contributed by atoms with van der Waals surface area (Å²) < 4.78 is 5.53. The minimum absolute atomic E-state index is 0.168. The van der Waals surface area contributed by atoms with Crippen molar-refractivity contribution in [2.45, 2.75) is 19.9 Å². The zero-order chi connectivity index (χ0) is 13.5. The van der Waals surface area contributed by atoms with Gasteiger partial charge in [-0.15, -0.1) is 0 Å². The highest BCUT2D eigenvalue weighted by Gasteiger charge is 2.20. The van der Waals surface area contributed by atoms with Crippen molar-refractivity contribution in [3.63, 3.8) is 0 Å². The number of rotatable bonds is 7. The minimum atomic E-state index is 0.168. The van der Waals surface area contributed by atoms with E-state index in [9.17, 15) is 0 Å². The maximum atomic E-state index is 5.53. The van der Waals surface area contributed by atoms with Crippen molar-refractivity contribution in [1.82, 2.24) is 19.9 Å². The van der Waals surface area contributed by atoms with Gasteiger partial charge in [0.25, 0.3) is 0 Å². The Balaban J connectivity index is 2.06. The zero-order valence-electron chi connectivity index (χ0n) is 11.3. The third-order valence-electron chi connectivity index (χ3n) is 3.07. The van der Waals surface area contributed by atoms with E-state index in [4.69, 9.17) is 4.42 Å². The Morgan fingerprint density at radius 3 is 2.58 bits per heavy atom. The predicted octanol–water partition coefficient (Wildman–Crippen LogP) is 1.96. The van der Waals surface area contributed by atoms with Crippen LogP contribution in [0.2, 0.25) is 0 Å². The molecule has 6 heteroatoms. The van der Waals surface area contributed by atoms with Crippen LogP contribution < -0.4 is 5.32 Å². The van der Waals surface area contributed by atoms with Crippen LogP contribution in [0.1, 0.15) is 25.6 Å². The summed E-state index contributed by atoms with van der Waals surface area (Å²) in [4.78, 5) is 14.2. The standard InChI is InChI=1S/C13H19N5O/c1-3-18(4-2)11(12-6-5-7-19-12)8-15-13-16-9-14-10-17-13/h5-7,9-11H,3-4,8H2,1-2H3,(H,14,15,16,17). The number of aromatic nitrogens is 3. The highest BCUT2D eigenvalue weighted by atomic mass is 16.3. The second kappa shape index (κ2) is 6.84. The first-order valence-corrected chi connectivity index (χ1v) is 6.48. The molecule has 19 heavy (non-hydrogen) atoms. The highest BCUT2D eigenvalue weighted by Crippen LogP contribution is 2.21. The van der Waals surface area contributed by atoms with Gasteiger partial charge in [0.2, 0.25) is 5.95 Å². The van der Waals surface area contributed by atoms with Crippen LogP contribution in [0.4, 0.5) is 5.95 Å². The molecule has 0 aliphatic rings. The summed E-state index contributed by atoms with van der Waals surface area (Å²) in [7, 11) is 0. The Morgan fingerprint density at radius 2 is 2.00 bits per heavy atom. The van der Waals surface area contributed by atoms with Crippen molar-refractivity contribution in [3.8, 4) is 0 Å². The normalized spacial score (nSPS) is 12.6. The molecule has 2 rings (SSSR count). The van der Waals surface area contributed by atoms with Crippen LogP contribution in [-0.2, 0) is 0 Å². The van der Waals surface area contributed by atoms with Crippen LogP contribution in [0.3, 0.4) is 0 Å². The Labute approximate surface area is 112 Å². The third-order valence-corrected chi connectivity index (χ3v) is 3.07. The molecule has 2 heterocycles. The molecule has 0 bridgehead atoms. The Bertz CT molecular complexity index is 455. The van der Waals surface area contributed by atoms with E-state index in [2.05, 4.69) is 39.0 Å². The van der Waals surface area contributed by atoms with Crippen LogP contribution in [0.25, 0.3) is 0 Å². The Hall–Kier alpha value is -1.95. The SMILES string of the molecule is CCN(CC)C(CNc1ncncn1)c1ccco1. The fourth-order valence-electron chi connectivity index (χ4n) is 2.07. The molecular formula is C13H19N5O. The molecule has 0 radical (unpaired) electrons. The quantitative estimate of drug-likeness (QED) is 0.821. The summed E-state index contributed by atoms with van der Waals surface area (Å²) in [5.74, 6) is 1.53. The Morgan fingerprint density at radius 1 is 1.26 bits per heavy atom. The molecule has 0 aliphatic carbocycles. The molecule has 1 atom stereocenters. The third kappa shape index (κ3) is 3.51. The molecule has 0 fully saturated rings. The van der Waals surface area contributed by atoms with Crippen LogP contribution >= 0.6 is 0 Å². The smallest absolute Gasteiger partial charge is 0.225 e. The van der Waals surface area contributed by atoms with Crippen LogP contribution in [0, 0.1) is 0 Å². The predicted molar refractivity (Wildman–Crippen MR) is 72.7 cm³/mol. The number of hydrogen-bond acceptors (Lipinski definition) is 6. The average molecular weight is 261 g/mol. The van der Waals surface area contributed by atoms with Gasteiger partial charge in [-0.2, -0.15) is 0 Å². The maximum Gasteiger partial charge on any atom is 0.225 e. The van der Waals surface area contributed by atoms with Crippen LogP contribution in [0.15, 0.2) is 35.5 Å². The van der Waals surface area contributed by atoms with Crippen LogP contribution in [-0.4, -0.2) is 39.5 Å². The van der Waals surface area contributed by atoms with E-state index in [1.807, 2.05) is 12.1 Å². The molecule has 1 unspecified atom stereocenters. The molecule has 2 aromatic rings. The summed E-state index contributed by atoms with van der Waals surface area (Å²) in [6, 6.07) is 4.08. The van der Waals surface area contributed by atoms with Gasteiger partial charge < -0.3 is 9.73 Å². The van der Waals surface area contributed by atoms with Gasteiger partial charge >= 0.3 is 0 Å². The van der Waals surface area contributed by atoms with E-state index in [0.717, 1.165) is 18.8 Å². The van der Waals surface area contributed by atoms with Crippen molar-refractivity contribution in [2.75, 3.05) is 25.0 Å². The lowest BCUT2D eigenvalue weighted by Gasteiger charge is -2.28. The van der Waals surface area contributed by atoms with Gasteiger partial charge in [-0.3, -0.25) is 4.90 Å². The molecule has 0 saturated carbocycles. The molecule has 0 saturated heterocycles. The van der Waals surface area contributed by atoms with Gasteiger partial charge in [0, 0.05) is 6.54 Å². The van der Waals surface area contributed by atoms with Crippen molar-refractivity contribution < 1.29 is 4.42 Å². The van der Waals surface area contributed by atoms with Crippen molar-refractivity contribution in [3.05, 3.63) is 36.8 Å². The monoisotopic (exact) mass is 261 g/mol. The van der Waals surface area contributed by atoms with Gasteiger partial charge in [0.05, 0.1) is 12.3 Å². The largest absolute Gasteiger partial charge is 0.468 e. The van der Waals surface area contributed by atoms with E-state index >= 15 is 0 Å². The second-order valence-electron chi connectivity index (χ2n) is 4.10. The van der Waals surface area contributed by atoms with Gasteiger partial charge in [-0.25, -0.2) is 15.0 Å².